The molecule has 1 atom stereocenters. The van der Waals surface area contributed by atoms with Gasteiger partial charge in [0.25, 0.3) is 5.91 Å². The molecule has 1 aromatic rings. The Balaban J connectivity index is 2.11. The number of hydrogen-bond acceptors (Lipinski definition) is 4. The maximum Gasteiger partial charge on any atom is 0.254 e. The number of ether oxygens (including phenoxy) is 1. The first kappa shape index (κ1) is 13.4. The van der Waals surface area contributed by atoms with E-state index in [1.165, 1.54) is 12.1 Å². The second-order valence-electron chi connectivity index (χ2n) is 4.11. The third kappa shape index (κ3) is 3.27. The van der Waals surface area contributed by atoms with E-state index < -0.39 is 23.7 Å². The molecule has 6 nitrogen and oxygen atoms in total. The van der Waals surface area contributed by atoms with Crippen molar-refractivity contribution < 1.29 is 18.7 Å². The zero-order chi connectivity index (χ0) is 13.8. The Kier molecular flexibility index (Phi) is 4.08. The molecule has 1 unspecified atom stereocenters. The summed E-state index contributed by atoms with van der Waals surface area (Å²) in [5.41, 5.74) is 5.13. The molecule has 1 fully saturated rings. The van der Waals surface area contributed by atoms with Crippen molar-refractivity contribution in [1.29, 1.82) is 0 Å². The molecule has 0 radical (unpaired) electrons. The molecule has 0 saturated carbocycles. The largest absolute Gasteiger partial charge is 0.366 e. The number of hydrogen-bond donors (Lipinski definition) is 3. The van der Waals surface area contributed by atoms with Crippen molar-refractivity contribution in [3.05, 3.63) is 29.6 Å². The smallest absolute Gasteiger partial charge is 0.254 e. The first-order valence-electron chi connectivity index (χ1n) is 5.80. The van der Waals surface area contributed by atoms with Crippen molar-refractivity contribution in [1.82, 2.24) is 5.32 Å². The van der Waals surface area contributed by atoms with Crippen LogP contribution in [-0.2, 0) is 9.53 Å². The van der Waals surface area contributed by atoms with Crippen LogP contribution in [0.4, 0.5) is 10.1 Å². The number of amides is 2. The van der Waals surface area contributed by atoms with Gasteiger partial charge in [-0.25, -0.2) is 4.39 Å². The number of rotatable bonds is 3. The topological polar surface area (TPSA) is 93.5 Å². The van der Waals surface area contributed by atoms with Gasteiger partial charge in [-0.3, -0.25) is 9.59 Å². The van der Waals surface area contributed by atoms with Gasteiger partial charge >= 0.3 is 0 Å². The first-order valence-corrected chi connectivity index (χ1v) is 5.80. The number of halogens is 1. The van der Waals surface area contributed by atoms with Gasteiger partial charge in [-0.15, -0.1) is 0 Å². The summed E-state index contributed by atoms with van der Waals surface area (Å²) in [5.74, 6) is -1.79. The molecule has 1 heterocycles. The Hall–Kier alpha value is -1.99. The van der Waals surface area contributed by atoms with E-state index in [9.17, 15) is 14.0 Å². The Labute approximate surface area is 109 Å². The zero-order valence-corrected chi connectivity index (χ0v) is 10.1. The molecule has 0 spiro atoms. The molecule has 0 aromatic heterocycles. The van der Waals surface area contributed by atoms with Gasteiger partial charge in [0.15, 0.2) is 0 Å². The molecule has 102 valence electrons. The fourth-order valence-corrected chi connectivity index (χ4v) is 1.72. The highest BCUT2D eigenvalue weighted by Crippen LogP contribution is 2.16. The van der Waals surface area contributed by atoms with E-state index in [1.54, 1.807) is 0 Å². The van der Waals surface area contributed by atoms with Crippen LogP contribution in [0.3, 0.4) is 0 Å². The molecule has 1 aromatic carbocycles. The van der Waals surface area contributed by atoms with E-state index in [0.29, 0.717) is 19.7 Å². The van der Waals surface area contributed by atoms with E-state index in [2.05, 4.69) is 10.6 Å². The Bertz CT molecular complexity index is 501. The third-order valence-corrected chi connectivity index (χ3v) is 2.73. The Morgan fingerprint density at radius 1 is 1.47 bits per heavy atom. The summed E-state index contributed by atoms with van der Waals surface area (Å²) in [6, 6.07) is 3.54. The van der Waals surface area contributed by atoms with Crippen molar-refractivity contribution in [2.45, 2.75) is 6.10 Å². The molecule has 4 N–H and O–H groups in total. The monoisotopic (exact) mass is 267 g/mol. The SMILES string of the molecule is NC(=O)c1ccc(F)c(NC(=O)C2CNCCO2)c1. The maximum atomic E-state index is 13.5. The molecule has 2 amide bonds. The zero-order valence-electron chi connectivity index (χ0n) is 10.1. The van der Waals surface area contributed by atoms with Crippen LogP contribution in [0.2, 0.25) is 0 Å². The fourth-order valence-electron chi connectivity index (χ4n) is 1.72. The van der Waals surface area contributed by atoms with Gasteiger partial charge < -0.3 is 21.1 Å². The minimum absolute atomic E-state index is 0.0875. The van der Waals surface area contributed by atoms with E-state index in [0.717, 1.165) is 6.07 Å². The van der Waals surface area contributed by atoms with Crippen molar-refractivity contribution in [2.75, 3.05) is 25.0 Å². The molecule has 1 saturated heterocycles. The lowest BCUT2D eigenvalue weighted by molar-refractivity contribution is -0.128. The average Bonchev–Trinajstić information content (AvgIpc) is 2.42. The van der Waals surface area contributed by atoms with Crippen LogP contribution in [0.5, 0.6) is 0 Å². The number of carbonyl (C=O) groups excluding carboxylic acids is 2. The van der Waals surface area contributed by atoms with E-state index >= 15 is 0 Å². The molecule has 0 aliphatic carbocycles. The van der Waals surface area contributed by atoms with Crippen LogP contribution < -0.4 is 16.4 Å². The quantitative estimate of drug-likeness (QED) is 0.710. The number of anilines is 1. The van der Waals surface area contributed by atoms with Gasteiger partial charge in [0.2, 0.25) is 5.91 Å². The summed E-state index contributed by atoms with van der Waals surface area (Å²) in [4.78, 5) is 22.8. The lowest BCUT2D eigenvalue weighted by Gasteiger charge is -2.22. The predicted octanol–water partition coefficient (Wildman–Crippen LogP) is -0.149. The van der Waals surface area contributed by atoms with Crippen LogP contribution >= 0.6 is 0 Å². The van der Waals surface area contributed by atoms with Gasteiger partial charge in [0.05, 0.1) is 12.3 Å². The number of nitrogens with one attached hydrogen (secondary N) is 2. The summed E-state index contributed by atoms with van der Waals surface area (Å²) < 4.78 is 18.8. The number of nitrogens with two attached hydrogens (primary N) is 1. The minimum atomic E-state index is -0.689. The standard InChI is InChI=1S/C12H14FN3O3/c13-8-2-1-7(11(14)17)5-9(8)16-12(18)10-6-15-3-4-19-10/h1-2,5,10,15H,3-4,6H2,(H2,14,17)(H,16,18). The second-order valence-corrected chi connectivity index (χ2v) is 4.11. The van der Waals surface area contributed by atoms with Gasteiger partial charge in [-0.1, -0.05) is 0 Å². The van der Waals surface area contributed by atoms with E-state index in [4.69, 9.17) is 10.5 Å². The molecular weight excluding hydrogens is 253 g/mol. The van der Waals surface area contributed by atoms with Gasteiger partial charge in [-0.2, -0.15) is 0 Å². The third-order valence-electron chi connectivity index (χ3n) is 2.73. The lowest BCUT2D eigenvalue weighted by Crippen LogP contribution is -2.45. The fraction of sp³-hybridized carbons (Fsp3) is 0.333. The second kappa shape index (κ2) is 5.77. The predicted molar refractivity (Wildman–Crippen MR) is 66.2 cm³/mol. The molecular formula is C12H14FN3O3. The molecule has 1 aliphatic heterocycles. The minimum Gasteiger partial charge on any atom is -0.366 e. The van der Waals surface area contributed by atoms with Gasteiger partial charge in [0, 0.05) is 18.7 Å². The molecule has 2 rings (SSSR count). The number of carbonyl (C=O) groups is 2. The Morgan fingerprint density at radius 3 is 2.89 bits per heavy atom. The van der Waals surface area contributed by atoms with Crippen LogP contribution in [0.25, 0.3) is 0 Å². The number of benzene rings is 1. The summed E-state index contributed by atoms with van der Waals surface area (Å²) in [7, 11) is 0. The van der Waals surface area contributed by atoms with Gasteiger partial charge in [0.1, 0.15) is 11.9 Å². The van der Waals surface area contributed by atoms with Crippen molar-refractivity contribution in [3.8, 4) is 0 Å². The lowest BCUT2D eigenvalue weighted by atomic mass is 10.1. The summed E-state index contributed by atoms with van der Waals surface area (Å²) in [6.07, 6.45) is -0.676. The van der Waals surface area contributed by atoms with Gasteiger partial charge in [-0.05, 0) is 18.2 Å². The number of morpholine rings is 1. The molecule has 0 bridgehead atoms. The highest BCUT2D eigenvalue weighted by atomic mass is 19.1. The molecule has 7 heteroatoms. The van der Waals surface area contributed by atoms with E-state index in [1.807, 2.05) is 0 Å². The summed E-state index contributed by atoms with van der Waals surface area (Å²) >= 11 is 0. The van der Waals surface area contributed by atoms with Crippen LogP contribution in [0.15, 0.2) is 18.2 Å². The first-order chi connectivity index (χ1) is 9.08. The van der Waals surface area contributed by atoms with Crippen molar-refractivity contribution >= 4 is 17.5 Å². The molecule has 1 aliphatic rings. The normalized spacial score (nSPS) is 18.9. The molecule has 19 heavy (non-hydrogen) atoms. The van der Waals surface area contributed by atoms with E-state index in [-0.39, 0.29) is 11.3 Å². The maximum absolute atomic E-state index is 13.5. The highest BCUT2D eigenvalue weighted by molar-refractivity contribution is 5.97. The summed E-state index contributed by atoms with van der Waals surface area (Å²) in [6.45, 7) is 1.46. The summed E-state index contributed by atoms with van der Waals surface area (Å²) in [5, 5.41) is 5.38. The Morgan fingerprint density at radius 2 is 2.26 bits per heavy atom. The van der Waals surface area contributed by atoms with Crippen LogP contribution in [0, 0.1) is 5.82 Å². The van der Waals surface area contributed by atoms with Crippen LogP contribution in [0.1, 0.15) is 10.4 Å². The average molecular weight is 267 g/mol. The van der Waals surface area contributed by atoms with Crippen molar-refractivity contribution in [3.63, 3.8) is 0 Å². The number of primary amides is 1. The highest BCUT2D eigenvalue weighted by Gasteiger charge is 2.22. The van der Waals surface area contributed by atoms with Crippen molar-refractivity contribution in [2.24, 2.45) is 5.73 Å². The van der Waals surface area contributed by atoms with Crippen LogP contribution in [-0.4, -0.2) is 37.6 Å².